The number of anilines is 1. The van der Waals surface area contributed by atoms with Crippen molar-refractivity contribution >= 4 is 33.5 Å². The van der Waals surface area contributed by atoms with E-state index < -0.39 is 5.97 Å². The minimum Gasteiger partial charge on any atom is -0.452 e. The summed E-state index contributed by atoms with van der Waals surface area (Å²) in [6, 6.07) is 5.15. The molecule has 96 valence electrons. The van der Waals surface area contributed by atoms with E-state index in [-0.39, 0.29) is 24.1 Å². The molecular weight excluding hydrogens is 300 g/mol. The van der Waals surface area contributed by atoms with E-state index in [0.29, 0.717) is 5.69 Å². The molecule has 0 unspecified atom stereocenters. The maximum atomic E-state index is 11.7. The molecule has 1 amide bonds. The zero-order chi connectivity index (χ0) is 13.1. The van der Waals surface area contributed by atoms with E-state index in [4.69, 9.17) is 10.5 Å². The fourth-order valence-electron chi connectivity index (χ4n) is 1.41. The summed E-state index contributed by atoms with van der Waals surface area (Å²) in [5.74, 6) is -0.876. The van der Waals surface area contributed by atoms with Gasteiger partial charge in [-0.05, 0) is 31.0 Å². The summed E-state index contributed by atoms with van der Waals surface area (Å²) in [6.07, 6.45) is 2.00. The number of amides is 1. The lowest BCUT2D eigenvalue weighted by Crippen LogP contribution is -2.30. The van der Waals surface area contributed by atoms with Crippen molar-refractivity contribution in [1.82, 2.24) is 5.32 Å². The minimum atomic E-state index is -0.597. The first kappa shape index (κ1) is 12.9. The van der Waals surface area contributed by atoms with Crippen LogP contribution < -0.4 is 11.1 Å². The number of ether oxygens (including phenoxy) is 1. The molecule has 5 nitrogen and oxygen atoms in total. The summed E-state index contributed by atoms with van der Waals surface area (Å²) < 4.78 is 5.63. The van der Waals surface area contributed by atoms with Crippen molar-refractivity contribution in [3.8, 4) is 0 Å². The third kappa shape index (κ3) is 3.46. The molecule has 1 aliphatic carbocycles. The van der Waals surface area contributed by atoms with Crippen LogP contribution in [0.3, 0.4) is 0 Å². The first-order valence-corrected chi connectivity index (χ1v) is 6.37. The first-order valence-electron chi connectivity index (χ1n) is 5.58. The van der Waals surface area contributed by atoms with Crippen molar-refractivity contribution in [2.45, 2.75) is 18.9 Å². The molecular formula is C12H13BrN2O3. The molecule has 18 heavy (non-hydrogen) atoms. The number of carbonyl (C=O) groups excluding carboxylic acids is 2. The van der Waals surface area contributed by atoms with E-state index in [1.54, 1.807) is 18.2 Å². The van der Waals surface area contributed by atoms with Crippen LogP contribution in [-0.4, -0.2) is 24.5 Å². The predicted molar refractivity (Wildman–Crippen MR) is 70.0 cm³/mol. The number of hydrogen-bond acceptors (Lipinski definition) is 4. The van der Waals surface area contributed by atoms with Gasteiger partial charge in [0.05, 0.1) is 5.56 Å². The van der Waals surface area contributed by atoms with E-state index in [1.165, 1.54) is 0 Å². The molecule has 0 saturated heterocycles. The van der Waals surface area contributed by atoms with E-state index >= 15 is 0 Å². The molecule has 0 radical (unpaired) electrons. The van der Waals surface area contributed by atoms with Crippen LogP contribution in [-0.2, 0) is 9.53 Å². The van der Waals surface area contributed by atoms with Crippen LogP contribution in [0.5, 0.6) is 0 Å². The van der Waals surface area contributed by atoms with Gasteiger partial charge in [-0.15, -0.1) is 0 Å². The third-order valence-electron chi connectivity index (χ3n) is 2.51. The number of carbonyl (C=O) groups is 2. The first-order chi connectivity index (χ1) is 8.56. The van der Waals surface area contributed by atoms with Gasteiger partial charge in [0.25, 0.3) is 5.91 Å². The van der Waals surface area contributed by atoms with Gasteiger partial charge in [0.15, 0.2) is 6.61 Å². The Morgan fingerprint density at radius 1 is 1.44 bits per heavy atom. The molecule has 1 aliphatic rings. The van der Waals surface area contributed by atoms with Gasteiger partial charge in [-0.2, -0.15) is 0 Å². The highest BCUT2D eigenvalue weighted by Crippen LogP contribution is 2.20. The van der Waals surface area contributed by atoms with Crippen LogP contribution in [0.25, 0.3) is 0 Å². The Balaban J connectivity index is 1.90. The van der Waals surface area contributed by atoms with E-state index in [9.17, 15) is 9.59 Å². The molecule has 1 aromatic rings. The Kier molecular flexibility index (Phi) is 3.86. The standard InChI is InChI=1S/C12H13BrN2O3/c13-7-1-4-10(14)9(5-7)12(17)18-6-11(16)15-8-2-3-8/h1,4-5,8H,2-3,6,14H2,(H,15,16). The van der Waals surface area contributed by atoms with Crippen molar-refractivity contribution in [2.75, 3.05) is 12.3 Å². The third-order valence-corrected chi connectivity index (χ3v) is 3.01. The molecule has 1 saturated carbocycles. The fraction of sp³-hybridized carbons (Fsp3) is 0.333. The smallest absolute Gasteiger partial charge is 0.340 e. The molecule has 1 fully saturated rings. The van der Waals surface area contributed by atoms with Gasteiger partial charge in [0.1, 0.15) is 0 Å². The average molecular weight is 313 g/mol. The topological polar surface area (TPSA) is 81.4 Å². The van der Waals surface area contributed by atoms with Crippen LogP contribution in [0.2, 0.25) is 0 Å². The maximum absolute atomic E-state index is 11.7. The largest absolute Gasteiger partial charge is 0.452 e. The van der Waals surface area contributed by atoms with Crippen molar-refractivity contribution in [3.63, 3.8) is 0 Å². The zero-order valence-electron chi connectivity index (χ0n) is 9.61. The van der Waals surface area contributed by atoms with E-state index in [2.05, 4.69) is 21.2 Å². The molecule has 0 aliphatic heterocycles. The maximum Gasteiger partial charge on any atom is 0.340 e. The van der Waals surface area contributed by atoms with Crippen LogP contribution >= 0.6 is 15.9 Å². The van der Waals surface area contributed by atoms with Gasteiger partial charge in [-0.1, -0.05) is 15.9 Å². The summed E-state index contributed by atoms with van der Waals surface area (Å²) in [5.41, 5.74) is 6.24. The predicted octanol–water partition coefficient (Wildman–Crippen LogP) is 1.47. The lowest BCUT2D eigenvalue weighted by Gasteiger charge is -2.07. The van der Waals surface area contributed by atoms with Gasteiger partial charge in [-0.25, -0.2) is 4.79 Å². The second kappa shape index (κ2) is 5.39. The number of nitrogen functional groups attached to an aromatic ring is 1. The number of nitrogens with one attached hydrogen (secondary N) is 1. The highest BCUT2D eigenvalue weighted by atomic mass is 79.9. The molecule has 0 atom stereocenters. The average Bonchev–Trinajstić information content (AvgIpc) is 3.13. The van der Waals surface area contributed by atoms with Gasteiger partial charge in [-0.3, -0.25) is 4.79 Å². The van der Waals surface area contributed by atoms with Crippen molar-refractivity contribution in [2.24, 2.45) is 0 Å². The zero-order valence-corrected chi connectivity index (χ0v) is 11.2. The lowest BCUT2D eigenvalue weighted by atomic mass is 10.2. The van der Waals surface area contributed by atoms with Crippen molar-refractivity contribution in [3.05, 3.63) is 28.2 Å². The number of benzene rings is 1. The van der Waals surface area contributed by atoms with Gasteiger partial charge in [0, 0.05) is 16.2 Å². The number of rotatable bonds is 4. The quantitative estimate of drug-likeness (QED) is 0.651. The summed E-state index contributed by atoms with van der Waals surface area (Å²) in [6.45, 7) is -0.277. The Labute approximate surface area is 113 Å². The SMILES string of the molecule is Nc1ccc(Br)cc1C(=O)OCC(=O)NC1CC1. The van der Waals surface area contributed by atoms with Crippen LogP contribution in [0, 0.1) is 0 Å². The molecule has 0 bridgehead atoms. The monoisotopic (exact) mass is 312 g/mol. The summed E-state index contributed by atoms with van der Waals surface area (Å²) in [4.78, 5) is 23.1. The Hall–Kier alpha value is -1.56. The number of nitrogens with two attached hydrogens (primary N) is 1. The van der Waals surface area contributed by atoms with Crippen LogP contribution in [0.4, 0.5) is 5.69 Å². The van der Waals surface area contributed by atoms with E-state index in [0.717, 1.165) is 17.3 Å². The molecule has 6 heteroatoms. The van der Waals surface area contributed by atoms with Crippen LogP contribution in [0.1, 0.15) is 23.2 Å². The van der Waals surface area contributed by atoms with Gasteiger partial charge >= 0.3 is 5.97 Å². The molecule has 0 heterocycles. The van der Waals surface area contributed by atoms with E-state index in [1.807, 2.05) is 0 Å². The van der Waals surface area contributed by atoms with Crippen molar-refractivity contribution in [1.29, 1.82) is 0 Å². The Morgan fingerprint density at radius 3 is 2.83 bits per heavy atom. The normalized spacial score (nSPS) is 14.1. The van der Waals surface area contributed by atoms with Gasteiger partial charge in [0.2, 0.25) is 0 Å². The molecule has 0 aromatic heterocycles. The fourth-order valence-corrected chi connectivity index (χ4v) is 1.77. The highest BCUT2D eigenvalue weighted by Gasteiger charge is 2.23. The second-order valence-corrected chi connectivity index (χ2v) is 5.07. The Bertz CT molecular complexity index is 486. The summed E-state index contributed by atoms with van der Waals surface area (Å²) in [5, 5.41) is 2.73. The number of hydrogen-bond donors (Lipinski definition) is 2. The number of halogens is 1. The second-order valence-electron chi connectivity index (χ2n) is 4.15. The molecule has 3 N–H and O–H groups in total. The molecule has 0 spiro atoms. The highest BCUT2D eigenvalue weighted by molar-refractivity contribution is 9.10. The summed E-state index contributed by atoms with van der Waals surface area (Å²) >= 11 is 3.24. The van der Waals surface area contributed by atoms with Crippen molar-refractivity contribution < 1.29 is 14.3 Å². The molecule has 1 aromatic carbocycles. The van der Waals surface area contributed by atoms with Crippen LogP contribution in [0.15, 0.2) is 22.7 Å². The minimum absolute atomic E-state index is 0.253. The lowest BCUT2D eigenvalue weighted by molar-refractivity contribution is -0.124. The molecule has 2 rings (SSSR count). The Morgan fingerprint density at radius 2 is 2.17 bits per heavy atom. The number of esters is 1. The summed E-state index contributed by atoms with van der Waals surface area (Å²) in [7, 11) is 0. The van der Waals surface area contributed by atoms with Gasteiger partial charge < -0.3 is 15.8 Å².